The number of nitrogens with two attached hydrogens (primary N) is 1. The summed E-state index contributed by atoms with van der Waals surface area (Å²) in [6, 6.07) is 10.2. The molecule has 2 aromatic rings. The van der Waals surface area contributed by atoms with Crippen molar-refractivity contribution in [2.75, 3.05) is 39.0 Å². The van der Waals surface area contributed by atoms with E-state index in [0.717, 1.165) is 0 Å². The lowest BCUT2D eigenvalue weighted by Crippen LogP contribution is -2.21. The molecule has 0 bridgehead atoms. The molecule has 0 aliphatic rings. The summed E-state index contributed by atoms with van der Waals surface area (Å²) >= 11 is 0. The van der Waals surface area contributed by atoms with Gasteiger partial charge in [0.15, 0.2) is 29.6 Å². The van der Waals surface area contributed by atoms with Crippen LogP contribution in [0.3, 0.4) is 0 Å². The number of nitrogens with one attached hydrogen (secondary N) is 1. The van der Waals surface area contributed by atoms with Crippen LogP contribution in [-0.4, -0.2) is 33.8 Å². The van der Waals surface area contributed by atoms with Gasteiger partial charge in [-0.3, -0.25) is 4.79 Å². The Morgan fingerprint density at radius 2 is 1.54 bits per heavy atom. The van der Waals surface area contributed by atoms with Gasteiger partial charge in [0.05, 0.1) is 32.7 Å². The molecule has 7 heteroatoms. The minimum atomic E-state index is -0.361. The van der Waals surface area contributed by atoms with Gasteiger partial charge >= 0.3 is 0 Å². The van der Waals surface area contributed by atoms with Crippen molar-refractivity contribution >= 4 is 17.3 Å². The summed E-state index contributed by atoms with van der Waals surface area (Å²) in [5, 5.41) is 2.68. The molecule has 0 aliphatic heterocycles. The van der Waals surface area contributed by atoms with Gasteiger partial charge in [0, 0.05) is 12.1 Å². The molecule has 0 fully saturated rings. The third-order valence-electron chi connectivity index (χ3n) is 3.26. The highest BCUT2D eigenvalue weighted by molar-refractivity contribution is 5.95. The van der Waals surface area contributed by atoms with Crippen LogP contribution in [0.15, 0.2) is 36.4 Å². The molecule has 0 unspecified atom stereocenters. The summed E-state index contributed by atoms with van der Waals surface area (Å²) in [7, 11) is 4.55. The van der Waals surface area contributed by atoms with Crippen LogP contribution in [0, 0.1) is 0 Å². The Hall–Kier alpha value is -3.09. The molecule has 1 amide bonds. The van der Waals surface area contributed by atoms with Crippen LogP contribution in [0.5, 0.6) is 23.0 Å². The zero-order valence-corrected chi connectivity index (χ0v) is 13.8. The molecule has 2 aromatic carbocycles. The van der Waals surface area contributed by atoms with Crippen molar-refractivity contribution in [3.8, 4) is 23.0 Å². The van der Waals surface area contributed by atoms with Gasteiger partial charge in [-0.1, -0.05) is 12.1 Å². The fourth-order valence-corrected chi connectivity index (χ4v) is 2.07. The minimum absolute atomic E-state index is 0.186. The summed E-state index contributed by atoms with van der Waals surface area (Å²) in [6.45, 7) is -0.186. The number of carbonyl (C=O) groups is 1. The van der Waals surface area contributed by atoms with Gasteiger partial charge in [-0.15, -0.1) is 0 Å². The SMILES string of the molecule is COc1cc(N)c(NC(=O)COc2ccccc2OC)cc1OC. The van der Waals surface area contributed by atoms with Gasteiger partial charge in [-0.2, -0.15) is 0 Å². The van der Waals surface area contributed by atoms with Crippen molar-refractivity contribution in [2.45, 2.75) is 0 Å². The van der Waals surface area contributed by atoms with E-state index in [0.29, 0.717) is 34.4 Å². The van der Waals surface area contributed by atoms with Crippen LogP contribution < -0.4 is 30.0 Å². The Kier molecular flexibility index (Phi) is 5.73. The average Bonchev–Trinajstić information content (AvgIpc) is 2.61. The molecule has 0 radical (unpaired) electrons. The number of rotatable bonds is 7. The Balaban J connectivity index is 2.04. The number of hydrogen-bond donors (Lipinski definition) is 2. The highest BCUT2D eigenvalue weighted by atomic mass is 16.5. The molecule has 0 aliphatic carbocycles. The van der Waals surface area contributed by atoms with Crippen molar-refractivity contribution < 1.29 is 23.7 Å². The molecule has 0 saturated carbocycles. The number of methoxy groups -OCH3 is 3. The zero-order chi connectivity index (χ0) is 17.5. The normalized spacial score (nSPS) is 9.96. The number of hydrogen-bond acceptors (Lipinski definition) is 6. The van der Waals surface area contributed by atoms with Crippen molar-refractivity contribution in [1.29, 1.82) is 0 Å². The zero-order valence-electron chi connectivity index (χ0n) is 13.8. The minimum Gasteiger partial charge on any atom is -0.493 e. The van der Waals surface area contributed by atoms with Crippen molar-refractivity contribution in [3.05, 3.63) is 36.4 Å². The molecule has 128 valence electrons. The number of carbonyl (C=O) groups excluding carboxylic acids is 1. The Morgan fingerprint density at radius 3 is 2.17 bits per heavy atom. The van der Waals surface area contributed by atoms with Gasteiger partial charge < -0.3 is 30.0 Å². The van der Waals surface area contributed by atoms with Crippen LogP contribution in [0.4, 0.5) is 11.4 Å². The number of nitrogen functional groups attached to an aromatic ring is 1. The van der Waals surface area contributed by atoms with Crippen molar-refractivity contribution in [3.63, 3.8) is 0 Å². The van der Waals surface area contributed by atoms with E-state index in [1.807, 2.05) is 6.07 Å². The maximum absolute atomic E-state index is 12.1. The predicted octanol–water partition coefficient (Wildman–Crippen LogP) is 2.31. The topological polar surface area (TPSA) is 92.0 Å². The second-order valence-electron chi connectivity index (χ2n) is 4.78. The van der Waals surface area contributed by atoms with Crippen molar-refractivity contribution in [1.82, 2.24) is 0 Å². The lowest BCUT2D eigenvalue weighted by molar-refractivity contribution is -0.118. The van der Waals surface area contributed by atoms with E-state index >= 15 is 0 Å². The van der Waals surface area contributed by atoms with Crippen LogP contribution in [0.25, 0.3) is 0 Å². The first-order valence-electron chi connectivity index (χ1n) is 7.16. The molecule has 0 spiro atoms. The van der Waals surface area contributed by atoms with E-state index in [1.165, 1.54) is 21.3 Å². The molecule has 0 aromatic heterocycles. The molecule has 3 N–H and O–H groups in total. The summed E-state index contributed by atoms with van der Waals surface area (Å²) in [5.41, 5.74) is 6.69. The number of para-hydroxylation sites is 2. The van der Waals surface area contributed by atoms with Crippen molar-refractivity contribution in [2.24, 2.45) is 0 Å². The molecule has 0 atom stereocenters. The summed E-state index contributed by atoms with van der Waals surface area (Å²) in [4.78, 5) is 12.1. The molecule has 24 heavy (non-hydrogen) atoms. The number of benzene rings is 2. The highest BCUT2D eigenvalue weighted by Gasteiger charge is 2.13. The van der Waals surface area contributed by atoms with Crippen LogP contribution in [0.2, 0.25) is 0 Å². The quantitative estimate of drug-likeness (QED) is 0.756. The van der Waals surface area contributed by atoms with E-state index in [-0.39, 0.29) is 12.5 Å². The average molecular weight is 332 g/mol. The lowest BCUT2D eigenvalue weighted by atomic mass is 10.2. The molecular weight excluding hydrogens is 312 g/mol. The van der Waals surface area contributed by atoms with Crippen LogP contribution in [-0.2, 0) is 4.79 Å². The Morgan fingerprint density at radius 1 is 0.958 bits per heavy atom. The Bertz CT molecular complexity index is 718. The van der Waals surface area contributed by atoms with Gasteiger partial charge in [-0.25, -0.2) is 0 Å². The molecule has 2 rings (SSSR count). The van der Waals surface area contributed by atoms with Gasteiger partial charge in [-0.05, 0) is 12.1 Å². The van der Waals surface area contributed by atoms with E-state index < -0.39 is 0 Å². The third kappa shape index (κ3) is 4.01. The first kappa shape index (κ1) is 17.3. The van der Waals surface area contributed by atoms with E-state index in [9.17, 15) is 4.79 Å². The number of anilines is 2. The first-order valence-corrected chi connectivity index (χ1v) is 7.16. The maximum Gasteiger partial charge on any atom is 0.262 e. The molecule has 0 saturated heterocycles. The largest absolute Gasteiger partial charge is 0.493 e. The third-order valence-corrected chi connectivity index (χ3v) is 3.26. The van der Waals surface area contributed by atoms with E-state index in [2.05, 4.69) is 5.32 Å². The molecule has 0 heterocycles. The summed E-state index contributed by atoms with van der Waals surface area (Å²) in [6.07, 6.45) is 0. The van der Waals surface area contributed by atoms with Gasteiger partial charge in [0.1, 0.15) is 0 Å². The number of amides is 1. The lowest BCUT2D eigenvalue weighted by Gasteiger charge is -2.14. The van der Waals surface area contributed by atoms with E-state index in [1.54, 1.807) is 30.3 Å². The fourth-order valence-electron chi connectivity index (χ4n) is 2.07. The fraction of sp³-hybridized carbons (Fsp3) is 0.235. The second kappa shape index (κ2) is 7.96. The molecule has 7 nitrogen and oxygen atoms in total. The van der Waals surface area contributed by atoms with Crippen LogP contribution in [0.1, 0.15) is 0 Å². The smallest absolute Gasteiger partial charge is 0.262 e. The predicted molar refractivity (Wildman–Crippen MR) is 91.1 cm³/mol. The summed E-state index contributed by atoms with van der Waals surface area (Å²) < 4.78 is 21.0. The van der Waals surface area contributed by atoms with Crippen LogP contribution >= 0.6 is 0 Å². The summed E-state index contributed by atoms with van der Waals surface area (Å²) in [5.74, 6) is 1.62. The standard InChI is InChI=1S/C17H20N2O5/c1-21-13-6-4-5-7-14(13)24-10-17(20)19-12-9-16(23-3)15(22-2)8-11(12)18/h4-9H,10,18H2,1-3H3,(H,19,20). The second-order valence-corrected chi connectivity index (χ2v) is 4.78. The molecular formula is C17H20N2O5. The van der Waals surface area contributed by atoms with E-state index in [4.69, 9.17) is 24.7 Å². The number of ether oxygens (including phenoxy) is 4. The van der Waals surface area contributed by atoms with Gasteiger partial charge in [0.2, 0.25) is 0 Å². The first-order chi connectivity index (χ1) is 11.6. The highest BCUT2D eigenvalue weighted by Crippen LogP contribution is 2.34. The monoisotopic (exact) mass is 332 g/mol. The maximum atomic E-state index is 12.1. The van der Waals surface area contributed by atoms with Gasteiger partial charge in [0.25, 0.3) is 5.91 Å². The Labute approximate surface area is 140 Å².